The molecule has 0 radical (unpaired) electrons. The number of benzene rings is 3. The molecule has 5 nitrogen and oxygen atoms in total. The van der Waals surface area contributed by atoms with Gasteiger partial charge in [-0.15, -0.1) is 0 Å². The smallest absolute Gasteiger partial charge is 0.321 e. The van der Waals surface area contributed by atoms with E-state index in [2.05, 4.69) is 5.32 Å². The van der Waals surface area contributed by atoms with E-state index in [1.165, 1.54) is 24.3 Å². The van der Waals surface area contributed by atoms with E-state index < -0.39 is 29.5 Å². The van der Waals surface area contributed by atoms with Crippen LogP contribution in [0.2, 0.25) is 5.02 Å². The van der Waals surface area contributed by atoms with Crippen molar-refractivity contribution in [2.45, 2.75) is 6.18 Å². The molecule has 0 atom stereocenters. The third-order valence-corrected chi connectivity index (χ3v) is 5.05. The van der Waals surface area contributed by atoms with Gasteiger partial charge < -0.3 is 5.32 Å². The van der Waals surface area contributed by atoms with Crippen LogP contribution in [0.3, 0.4) is 0 Å². The molecule has 9 heteroatoms. The molecule has 31 heavy (non-hydrogen) atoms. The van der Waals surface area contributed by atoms with E-state index in [9.17, 15) is 27.6 Å². The fraction of sp³-hybridized carbons (Fsp3) is 0.0455. The van der Waals surface area contributed by atoms with E-state index in [1.807, 2.05) is 0 Å². The van der Waals surface area contributed by atoms with Crippen molar-refractivity contribution < 1.29 is 27.6 Å². The van der Waals surface area contributed by atoms with Crippen molar-refractivity contribution in [1.82, 2.24) is 0 Å². The molecule has 0 unspecified atom stereocenters. The maximum atomic E-state index is 12.9. The largest absolute Gasteiger partial charge is 0.416 e. The first-order valence-corrected chi connectivity index (χ1v) is 9.30. The predicted molar refractivity (Wildman–Crippen MR) is 108 cm³/mol. The lowest BCUT2D eigenvalue weighted by Crippen LogP contribution is -2.29. The zero-order valence-corrected chi connectivity index (χ0v) is 16.3. The van der Waals surface area contributed by atoms with Crippen LogP contribution in [0.1, 0.15) is 36.6 Å². The summed E-state index contributed by atoms with van der Waals surface area (Å²) in [6.07, 6.45) is -4.59. The summed E-state index contributed by atoms with van der Waals surface area (Å²) in [5, 5.41) is 2.29. The van der Waals surface area contributed by atoms with Gasteiger partial charge in [-0.05, 0) is 54.6 Å². The van der Waals surface area contributed by atoms with Crippen LogP contribution in [0.25, 0.3) is 0 Å². The van der Waals surface area contributed by atoms with Gasteiger partial charge in [-0.1, -0.05) is 23.7 Å². The molecule has 0 spiro atoms. The van der Waals surface area contributed by atoms with Crippen molar-refractivity contribution in [3.8, 4) is 0 Å². The van der Waals surface area contributed by atoms with Gasteiger partial charge in [0.15, 0.2) is 0 Å². The van der Waals surface area contributed by atoms with E-state index in [0.717, 1.165) is 23.1 Å². The number of amides is 3. The van der Waals surface area contributed by atoms with Gasteiger partial charge in [0, 0.05) is 5.56 Å². The normalized spacial score (nSPS) is 13.4. The zero-order chi connectivity index (χ0) is 22.3. The first-order chi connectivity index (χ1) is 14.7. The summed E-state index contributed by atoms with van der Waals surface area (Å²) in [6, 6.07) is 14.5. The molecule has 0 bridgehead atoms. The Hall–Kier alpha value is -3.65. The van der Waals surface area contributed by atoms with Crippen molar-refractivity contribution in [2.24, 2.45) is 0 Å². The molecular formula is C22H12ClF3N2O3. The van der Waals surface area contributed by atoms with Gasteiger partial charge in [0.1, 0.15) is 0 Å². The summed E-state index contributed by atoms with van der Waals surface area (Å²) in [5.41, 5.74) is -0.199. The predicted octanol–water partition coefficient (Wildman–Crippen LogP) is 5.41. The highest BCUT2D eigenvalue weighted by atomic mass is 35.5. The zero-order valence-electron chi connectivity index (χ0n) is 15.5. The highest BCUT2D eigenvalue weighted by Crippen LogP contribution is 2.34. The Balaban J connectivity index is 1.55. The number of imide groups is 1. The first-order valence-electron chi connectivity index (χ1n) is 8.93. The number of halogens is 4. The van der Waals surface area contributed by atoms with Gasteiger partial charge in [0.05, 0.1) is 33.1 Å². The van der Waals surface area contributed by atoms with Crippen LogP contribution in [-0.2, 0) is 6.18 Å². The topological polar surface area (TPSA) is 66.5 Å². The molecule has 1 aliphatic heterocycles. The Bertz CT molecular complexity index is 1190. The maximum Gasteiger partial charge on any atom is 0.416 e. The standard InChI is InChI=1S/C22H12ClF3N2O3/c23-17-10-7-13(22(24,25)26)11-18(17)27-19(29)12-5-8-14(9-6-12)28-20(30)15-3-1-2-4-16(15)21(28)31/h1-11H,(H,27,29). The molecule has 0 saturated carbocycles. The molecule has 1 N–H and O–H groups in total. The summed E-state index contributed by atoms with van der Waals surface area (Å²) in [5.74, 6) is -1.66. The number of fused-ring (bicyclic) bond motifs is 1. The van der Waals surface area contributed by atoms with E-state index in [0.29, 0.717) is 0 Å². The third kappa shape index (κ3) is 3.77. The number of rotatable bonds is 3. The average molecular weight is 445 g/mol. The van der Waals surface area contributed by atoms with E-state index >= 15 is 0 Å². The Morgan fingerprint density at radius 1 is 0.871 bits per heavy atom. The van der Waals surface area contributed by atoms with Gasteiger partial charge >= 0.3 is 6.18 Å². The molecule has 3 aromatic rings. The molecule has 1 heterocycles. The summed E-state index contributed by atoms with van der Waals surface area (Å²) < 4.78 is 38.7. The fourth-order valence-corrected chi connectivity index (χ4v) is 3.34. The molecule has 0 aliphatic carbocycles. The molecule has 1 aliphatic rings. The van der Waals surface area contributed by atoms with Gasteiger partial charge in [-0.3, -0.25) is 14.4 Å². The Kier molecular flexibility index (Phi) is 5.02. The van der Waals surface area contributed by atoms with Crippen molar-refractivity contribution in [3.63, 3.8) is 0 Å². The number of carbonyl (C=O) groups is 3. The van der Waals surface area contributed by atoms with Crippen molar-refractivity contribution >= 4 is 40.7 Å². The molecule has 4 rings (SSSR count). The van der Waals surface area contributed by atoms with Crippen LogP contribution in [-0.4, -0.2) is 17.7 Å². The van der Waals surface area contributed by atoms with Crippen molar-refractivity contribution in [3.05, 3.63) is 94.0 Å². The minimum Gasteiger partial charge on any atom is -0.321 e. The summed E-state index contributed by atoms with van der Waals surface area (Å²) >= 11 is 5.90. The van der Waals surface area contributed by atoms with Crippen LogP contribution >= 0.6 is 11.6 Å². The van der Waals surface area contributed by atoms with Crippen molar-refractivity contribution in [1.29, 1.82) is 0 Å². The SMILES string of the molecule is O=C(Nc1cc(C(F)(F)F)ccc1Cl)c1ccc(N2C(=O)c3ccccc3C2=O)cc1. The quantitative estimate of drug-likeness (QED) is 0.549. The summed E-state index contributed by atoms with van der Waals surface area (Å²) in [6.45, 7) is 0. The first kappa shape index (κ1) is 20.6. The molecule has 3 amide bonds. The number of nitrogens with one attached hydrogen (secondary N) is 1. The van der Waals surface area contributed by atoms with Gasteiger partial charge in [0.25, 0.3) is 17.7 Å². The Morgan fingerprint density at radius 2 is 1.45 bits per heavy atom. The van der Waals surface area contributed by atoms with Gasteiger partial charge in [-0.2, -0.15) is 13.2 Å². The summed E-state index contributed by atoms with van der Waals surface area (Å²) in [4.78, 5) is 38.5. The average Bonchev–Trinajstić information content (AvgIpc) is 2.99. The molecule has 3 aromatic carbocycles. The molecule has 0 fully saturated rings. The molecule has 156 valence electrons. The number of nitrogens with zero attached hydrogens (tertiary/aromatic N) is 1. The highest BCUT2D eigenvalue weighted by molar-refractivity contribution is 6.35. The number of anilines is 2. The lowest BCUT2D eigenvalue weighted by Gasteiger charge is -2.15. The highest BCUT2D eigenvalue weighted by Gasteiger charge is 2.36. The molecule has 0 aromatic heterocycles. The summed E-state index contributed by atoms with van der Waals surface area (Å²) in [7, 11) is 0. The fourth-order valence-electron chi connectivity index (χ4n) is 3.18. The second-order valence-electron chi connectivity index (χ2n) is 6.68. The molecule has 0 saturated heterocycles. The lowest BCUT2D eigenvalue weighted by molar-refractivity contribution is -0.137. The van der Waals surface area contributed by atoms with E-state index in [1.54, 1.807) is 24.3 Å². The minimum atomic E-state index is -4.59. The van der Waals surface area contributed by atoms with E-state index in [-0.39, 0.29) is 33.1 Å². The van der Waals surface area contributed by atoms with Crippen LogP contribution in [0.4, 0.5) is 24.5 Å². The lowest BCUT2D eigenvalue weighted by atomic mass is 10.1. The van der Waals surface area contributed by atoms with E-state index in [4.69, 9.17) is 11.6 Å². The van der Waals surface area contributed by atoms with Crippen LogP contribution in [0.15, 0.2) is 66.7 Å². The number of hydrogen-bond donors (Lipinski definition) is 1. The van der Waals surface area contributed by atoms with Crippen molar-refractivity contribution in [2.75, 3.05) is 10.2 Å². The second kappa shape index (κ2) is 7.55. The molecular weight excluding hydrogens is 433 g/mol. The van der Waals surface area contributed by atoms with Crippen LogP contribution in [0.5, 0.6) is 0 Å². The monoisotopic (exact) mass is 444 g/mol. The van der Waals surface area contributed by atoms with Gasteiger partial charge in [-0.25, -0.2) is 4.90 Å². The number of carbonyl (C=O) groups excluding carboxylic acids is 3. The number of hydrogen-bond acceptors (Lipinski definition) is 3. The minimum absolute atomic E-state index is 0.0519. The maximum absolute atomic E-state index is 12.9. The third-order valence-electron chi connectivity index (χ3n) is 4.72. The number of alkyl halides is 3. The Morgan fingerprint density at radius 3 is 2.00 bits per heavy atom. The van der Waals surface area contributed by atoms with Crippen LogP contribution in [0, 0.1) is 0 Å². The van der Waals surface area contributed by atoms with Gasteiger partial charge in [0.2, 0.25) is 0 Å². The van der Waals surface area contributed by atoms with Crippen LogP contribution < -0.4 is 10.2 Å². The second-order valence-corrected chi connectivity index (χ2v) is 7.09. The Labute approximate surface area is 179 Å².